The molecule has 0 saturated heterocycles. The van der Waals surface area contributed by atoms with Gasteiger partial charge in [0.2, 0.25) is 0 Å². The van der Waals surface area contributed by atoms with Crippen LogP contribution >= 0.6 is 0 Å². The van der Waals surface area contributed by atoms with Gasteiger partial charge in [0.25, 0.3) is 0 Å². The van der Waals surface area contributed by atoms with Gasteiger partial charge in [-0.3, -0.25) is 0 Å². The molecule has 0 amide bonds. The van der Waals surface area contributed by atoms with Crippen molar-refractivity contribution in [1.29, 1.82) is 0 Å². The lowest BCUT2D eigenvalue weighted by Crippen LogP contribution is -2.29. The third kappa shape index (κ3) is 2.19. The van der Waals surface area contributed by atoms with Crippen LogP contribution in [0.25, 0.3) is 0 Å². The first-order valence-corrected chi connectivity index (χ1v) is 3.78. The van der Waals surface area contributed by atoms with E-state index in [1.54, 1.807) is 0 Å². The van der Waals surface area contributed by atoms with Gasteiger partial charge >= 0.3 is 11.8 Å². The van der Waals surface area contributed by atoms with Gasteiger partial charge in [-0.05, 0) is 6.07 Å². The summed E-state index contributed by atoms with van der Waals surface area (Å²) >= 11 is 0. The summed E-state index contributed by atoms with van der Waals surface area (Å²) in [7, 11) is 0. The Kier molecular flexibility index (Phi) is 3.01. The van der Waals surface area contributed by atoms with Crippen LogP contribution in [0.5, 0.6) is 0 Å². The molecule has 6 nitrogen and oxygen atoms in total. The highest BCUT2D eigenvalue weighted by atomic mass is 16.5. The van der Waals surface area contributed by atoms with E-state index in [-0.39, 0.29) is 12.4 Å². The van der Waals surface area contributed by atoms with Crippen molar-refractivity contribution in [3.8, 4) is 0 Å². The molecule has 0 aliphatic carbocycles. The average Bonchev–Trinajstić information content (AvgIpc) is 2.14. The van der Waals surface area contributed by atoms with E-state index in [0.717, 1.165) is 4.57 Å². The molecule has 0 unspecified atom stereocenters. The number of carbonyl (C=O) groups is 1. The van der Waals surface area contributed by atoms with Crippen molar-refractivity contribution < 1.29 is 9.53 Å². The zero-order valence-electron chi connectivity index (χ0n) is 7.34. The van der Waals surface area contributed by atoms with Crippen molar-refractivity contribution in [3.63, 3.8) is 0 Å². The Morgan fingerprint density at radius 1 is 1.79 bits per heavy atom. The van der Waals surface area contributed by atoms with Crippen molar-refractivity contribution >= 4 is 11.9 Å². The summed E-state index contributed by atoms with van der Waals surface area (Å²) < 4.78 is 5.35. The summed E-state index contributed by atoms with van der Waals surface area (Å²) in [5.74, 6) is 0.0581. The van der Waals surface area contributed by atoms with Gasteiger partial charge in [0.15, 0.2) is 0 Å². The van der Waals surface area contributed by atoms with Crippen LogP contribution in [0.15, 0.2) is 29.7 Å². The molecule has 0 spiro atoms. The number of carbonyl (C=O) groups excluding carboxylic acids is 1. The zero-order chi connectivity index (χ0) is 10.6. The smallest absolute Gasteiger partial charge is 0.422 e. The van der Waals surface area contributed by atoms with Gasteiger partial charge in [-0.2, -0.15) is 4.98 Å². The van der Waals surface area contributed by atoms with E-state index in [0.29, 0.717) is 0 Å². The van der Waals surface area contributed by atoms with E-state index < -0.39 is 11.8 Å². The molecule has 0 saturated carbocycles. The summed E-state index contributed by atoms with van der Waals surface area (Å²) in [6, 6.07) is 1.33. The number of hydrogen-bond acceptors (Lipinski definition) is 5. The minimum Gasteiger partial charge on any atom is -0.445 e. The highest BCUT2D eigenvalue weighted by Crippen LogP contribution is 1.91. The maximum Gasteiger partial charge on any atom is 0.422 e. The molecule has 6 heteroatoms. The van der Waals surface area contributed by atoms with E-state index >= 15 is 0 Å². The van der Waals surface area contributed by atoms with Gasteiger partial charge in [-0.1, -0.05) is 12.7 Å². The Morgan fingerprint density at radius 3 is 3.07 bits per heavy atom. The van der Waals surface area contributed by atoms with Gasteiger partial charge in [0.05, 0.1) is 0 Å². The Bertz CT molecular complexity index is 411. The SMILES string of the molecule is C=CCOC(=O)n1ccc(N)nc1=O. The third-order valence-corrected chi connectivity index (χ3v) is 1.35. The predicted octanol–water partition coefficient (Wildman–Crippen LogP) is -0.00380. The van der Waals surface area contributed by atoms with Gasteiger partial charge in [-0.15, -0.1) is 0 Å². The largest absolute Gasteiger partial charge is 0.445 e. The first-order chi connectivity index (χ1) is 6.65. The minimum absolute atomic E-state index is 0.0374. The van der Waals surface area contributed by atoms with Crippen LogP contribution in [0.3, 0.4) is 0 Å². The molecule has 2 N–H and O–H groups in total. The molecule has 1 rings (SSSR count). The van der Waals surface area contributed by atoms with Gasteiger partial charge < -0.3 is 10.5 Å². The van der Waals surface area contributed by atoms with E-state index in [9.17, 15) is 9.59 Å². The van der Waals surface area contributed by atoms with Crippen molar-refractivity contribution in [1.82, 2.24) is 9.55 Å². The predicted molar refractivity (Wildman–Crippen MR) is 49.9 cm³/mol. The quantitative estimate of drug-likeness (QED) is 0.671. The van der Waals surface area contributed by atoms with Crippen molar-refractivity contribution in [2.45, 2.75) is 0 Å². The fourth-order valence-electron chi connectivity index (χ4n) is 0.755. The second kappa shape index (κ2) is 4.22. The summed E-state index contributed by atoms with van der Waals surface area (Å²) in [5.41, 5.74) is 4.47. The highest BCUT2D eigenvalue weighted by Gasteiger charge is 2.07. The summed E-state index contributed by atoms with van der Waals surface area (Å²) in [4.78, 5) is 25.6. The van der Waals surface area contributed by atoms with Crippen LogP contribution in [0, 0.1) is 0 Å². The molecule has 0 aromatic carbocycles. The number of hydrogen-bond donors (Lipinski definition) is 1. The van der Waals surface area contributed by atoms with Crippen LogP contribution in [-0.4, -0.2) is 22.3 Å². The van der Waals surface area contributed by atoms with Crippen molar-refractivity contribution in [2.75, 3.05) is 12.3 Å². The maximum atomic E-state index is 11.1. The Balaban J connectivity index is 2.90. The summed E-state index contributed by atoms with van der Waals surface area (Å²) in [6.45, 7) is 3.40. The Labute approximate surface area is 79.6 Å². The van der Waals surface area contributed by atoms with Gasteiger partial charge in [0, 0.05) is 6.20 Å². The lowest BCUT2D eigenvalue weighted by Gasteiger charge is -2.02. The first kappa shape index (κ1) is 9.97. The molecule has 0 atom stereocenters. The molecule has 1 aromatic heterocycles. The van der Waals surface area contributed by atoms with E-state index in [4.69, 9.17) is 5.73 Å². The number of aromatic nitrogens is 2. The van der Waals surface area contributed by atoms with Crippen LogP contribution in [0.2, 0.25) is 0 Å². The van der Waals surface area contributed by atoms with Gasteiger partial charge in [0.1, 0.15) is 12.4 Å². The molecule has 74 valence electrons. The van der Waals surface area contributed by atoms with Crippen LogP contribution < -0.4 is 11.4 Å². The lowest BCUT2D eigenvalue weighted by atomic mass is 10.6. The molecular formula is C8H9N3O3. The topological polar surface area (TPSA) is 87.2 Å². The molecule has 1 aromatic rings. The Hall–Kier alpha value is -2.11. The second-order valence-corrected chi connectivity index (χ2v) is 2.37. The monoisotopic (exact) mass is 195 g/mol. The molecule has 14 heavy (non-hydrogen) atoms. The number of nitrogens with two attached hydrogens (primary N) is 1. The fraction of sp³-hybridized carbons (Fsp3) is 0.125. The molecule has 0 bridgehead atoms. The lowest BCUT2D eigenvalue weighted by molar-refractivity contribution is 0.158. The number of ether oxygens (including phenoxy) is 1. The van der Waals surface area contributed by atoms with Crippen LogP contribution in [-0.2, 0) is 4.74 Å². The van der Waals surface area contributed by atoms with Crippen molar-refractivity contribution in [3.05, 3.63) is 35.4 Å². The van der Waals surface area contributed by atoms with Crippen molar-refractivity contribution in [2.24, 2.45) is 0 Å². The molecule has 0 aliphatic rings. The van der Waals surface area contributed by atoms with E-state index in [2.05, 4.69) is 16.3 Å². The standard InChI is InChI=1S/C8H9N3O3/c1-2-5-14-8(13)11-4-3-6(9)10-7(11)12/h2-4H,1,5H2,(H2,9,10,12). The van der Waals surface area contributed by atoms with Gasteiger partial charge in [-0.25, -0.2) is 14.2 Å². The second-order valence-electron chi connectivity index (χ2n) is 2.37. The number of nitrogen functional groups attached to an aromatic ring is 1. The number of rotatable bonds is 2. The molecule has 0 aliphatic heterocycles. The summed E-state index contributed by atoms with van der Waals surface area (Å²) in [5, 5.41) is 0. The number of nitrogens with zero attached hydrogens (tertiary/aromatic N) is 2. The first-order valence-electron chi connectivity index (χ1n) is 3.78. The molecule has 0 fully saturated rings. The number of anilines is 1. The van der Waals surface area contributed by atoms with E-state index in [1.807, 2.05) is 0 Å². The average molecular weight is 195 g/mol. The zero-order valence-corrected chi connectivity index (χ0v) is 7.34. The highest BCUT2D eigenvalue weighted by molar-refractivity contribution is 5.70. The fourth-order valence-corrected chi connectivity index (χ4v) is 0.755. The normalized spacial score (nSPS) is 9.43. The molecular weight excluding hydrogens is 186 g/mol. The molecule has 0 radical (unpaired) electrons. The van der Waals surface area contributed by atoms with Crippen LogP contribution in [0.1, 0.15) is 0 Å². The Morgan fingerprint density at radius 2 is 2.50 bits per heavy atom. The maximum absolute atomic E-state index is 11.1. The van der Waals surface area contributed by atoms with E-state index in [1.165, 1.54) is 18.3 Å². The molecule has 1 heterocycles. The third-order valence-electron chi connectivity index (χ3n) is 1.35. The summed E-state index contributed by atoms with van der Waals surface area (Å²) in [6.07, 6.45) is 1.80. The van der Waals surface area contributed by atoms with Crippen LogP contribution in [0.4, 0.5) is 10.6 Å². The minimum atomic E-state index is -0.803.